The summed E-state index contributed by atoms with van der Waals surface area (Å²) in [5, 5.41) is 6.38. The van der Waals surface area contributed by atoms with E-state index in [-0.39, 0.29) is 18.6 Å². The van der Waals surface area contributed by atoms with Crippen LogP contribution in [0.5, 0.6) is 5.75 Å². The molecule has 0 radical (unpaired) electrons. The standard InChI is InChI=1S/C23H26BrClN4O3/c24-15-3-8-21(20(9-15)28-23(26)31)32-13-22(30)27-17-10-18-6-7-19(11-17)29(18)12-14-1-4-16(25)5-2-14/h1-5,8-9,17-19H,6-7,10-13H2,(H,27,30)(H3,26,28,31)/t17?,18-,19+. The number of hydrogen-bond donors (Lipinski definition) is 3. The first-order chi connectivity index (χ1) is 15.4. The molecule has 2 aliphatic heterocycles. The molecule has 32 heavy (non-hydrogen) atoms. The summed E-state index contributed by atoms with van der Waals surface area (Å²) in [6.07, 6.45) is 4.18. The van der Waals surface area contributed by atoms with Gasteiger partial charge in [-0.2, -0.15) is 0 Å². The van der Waals surface area contributed by atoms with Crippen molar-refractivity contribution < 1.29 is 14.3 Å². The van der Waals surface area contributed by atoms with Gasteiger partial charge in [0.1, 0.15) is 5.75 Å². The van der Waals surface area contributed by atoms with E-state index < -0.39 is 6.03 Å². The summed E-state index contributed by atoms with van der Waals surface area (Å²) in [5.41, 5.74) is 6.88. The number of nitrogens with one attached hydrogen (secondary N) is 2. The number of carbonyl (C=O) groups is 2. The van der Waals surface area contributed by atoms with Crippen LogP contribution in [0.25, 0.3) is 0 Å². The molecule has 0 spiro atoms. The minimum Gasteiger partial charge on any atom is -0.482 e. The van der Waals surface area contributed by atoms with E-state index in [0.717, 1.165) is 41.7 Å². The predicted molar refractivity (Wildman–Crippen MR) is 128 cm³/mol. The number of hydrogen-bond acceptors (Lipinski definition) is 4. The molecule has 0 aliphatic carbocycles. The summed E-state index contributed by atoms with van der Waals surface area (Å²) in [4.78, 5) is 26.3. The first-order valence-corrected chi connectivity index (χ1v) is 11.8. The van der Waals surface area contributed by atoms with Crippen molar-refractivity contribution in [3.8, 4) is 5.75 Å². The molecule has 2 heterocycles. The van der Waals surface area contributed by atoms with Gasteiger partial charge in [-0.05, 0) is 61.6 Å². The Labute approximate surface area is 200 Å². The molecule has 0 aromatic heterocycles. The van der Waals surface area contributed by atoms with Gasteiger partial charge in [-0.3, -0.25) is 9.69 Å². The minimum absolute atomic E-state index is 0.130. The van der Waals surface area contributed by atoms with Crippen LogP contribution in [0.3, 0.4) is 0 Å². The van der Waals surface area contributed by atoms with Crippen LogP contribution in [0.4, 0.5) is 10.5 Å². The van der Waals surface area contributed by atoms with Crippen LogP contribution in [-0.2, 0) is 11.3 Å². The summed E-state index contributed by atoms with van der Waals surface area (Å²) >= 11 is 9.34. The smallest absolute Gasteiger partial charge is 0.316 e. The number of nitrogens with zero attached hydrogens (tertiary/aromatic N) is 1. The van der Waals surface area contributed by atoms with Crippen molar-refractivity contribution >= 4 is 45.2 Å². The number of primary amides is 1. The van der Waals surface area contributed by atoms with Gasteiger partial charge >= 0.3 is 6.03 Å². The molecule has 2 bridgehead atoms. The molecule has 9 heteroatoms. The van der Waals surface area contributed by atoms with Crippen LogP contribution < -0.4 is 21.1 Å². The Balaban J connectivity index is 1.29. The molecule has 4 N–H and O–H groups in total. The van der Waals surface area contributed by atoms with E-state index in [4.69, 9.17) is 22.1 Å². The third-order valence-corrected chi connectivity index (χ3v) is 6.83. The highest BCUT2D eigenvalue weighted by atomic mass is 79.9. The first kappa shape index (κ1) is 22.9. The molecule has 7 nitrogen and oxygen atoms in total. The number of benzene rings is 2. The fourth-order valence-electron chi connectivity index (χ4n) is 4.72. The molecule has 2 saturated heterocycles. The summed E-state index contributed by atoms with van der Waals surface area (Å²) in [6, 6.07) is 13.5. The maximum Gasteiger partial charge on any atom is 0.316 e. The Kier molecular flexibility index (Phi) is 7.23. The third kappa shape index (κ3) is 5.74. The summed E-state index contributed by atoms with van der Waals surface area (Å²) in [7, 11) is 0. The molecule has 2 aromatic carbocycles. The molecule has 1 unspecified atom stereocenters. The predicted octanol–water partition coefficient (Wildman–Crippen LogP) is 4.28. The Hall–Kier alpha value is -2.29. The van der Waals surface area contributed by atoms with Gasteiger partial charge in [-0.15, -0.1) is 0 Å². The largest absolute Gasteiger partial charge is 0.482 e. The molecule has 3 atom stereocenters. The van der Waals surface area contributed by atoms with Crippen LogP contribution in [0.2, 0.25) is 5.02 Å². The number of anilines is 1. The lowest BCUT2D eigenvalue weighted by Gasteiger charge is -2.39. The zero-order valence-electron chi connectivity index (χ0n) is 17.5. The highest BCUT2D eigenvalue weighted by molar-refractivity contribution is 9.10. The molecule has 3 amide bonds. The molecule has 2 fully saturated rings. The van der Waals surface area contributed by atoms with Crippen molar-refractivity contribution in [1.82, 2.24) is 10.2 Å². The topological polar surface area (TPSA) is 96.7 Å². The van der Waals surface area contributed by atoms with Gasteiger partial charge in [0.25, 0.3) is 5.91 Å². The lowest BCUT2D eigenvalue weighted by atomic mass is 9.96. The number of urea groups is 1. The maximum absolute atomic E-state index is 12.5. The van der Waals surface area contributed by atoms with E-state index in [0.29, 0.717) is 23.5 Å². The summed E-state index contributed by atoms with van der Waals surface area (Å²) < 4.78 is 6.41. The van der Waals surface area contributed by atoms with Crippen molar-refractivity contribution in [2.45, 2.75) is 50.4 Å². The molecular weight excluding hydrogens is 496 g/mol. The van der Waals surface area contributed by atoms with Gasteiger partial charge in [0, 0.05) is 34.2 Å². The fraction of sp³-hybridized carbons (Fsp3) is 0.391. The Morgan fingerprint density at radius 3 is 2.47 bits per heavy atom. The number of nitrogens with two attached hydrogens (primary N) is 1. The van der Waals surface area contributed by atoms with E-state index in [9.17, 15) is 9.59 Å². The Morgan fingerprint density at radius 2 is 1.81 bits per heavy atom. The van der Waals surface area contributed by atoms with Crippen LogP contribution in [0, 0.1) is 0 Å². The average molecular weight is 522 g/mol. The zero-order chi connectivity index (χ0) is 22.7. The normalized spacial score (nSPS) is 22.4. The Morgan fingerprint density at radius 1 is 1.12 bits per heavy atom. The van der Waals surface area contributed by atoms with Gasteiger partial charge < -0.3 is 21.1 Å². The molecule has 2 aromatic rings. The molecule has 0 saturated carbocycles. The number of amides is 3. The van der Waals surface area contributed by atoms with Crippen LogP contribution in [-0.4, -0.2) is 41.6 Å². The highest BCUT2D eigenvalue weighted by Crippen LogP contribution is 2.37. The number of carbonyl (C=O) groups excluding carboxylic acids is 2. The maximum atomic E-state index is 12.5. The van der Waals surface area contributed by atoms with Crippen molar-refractivity contribution in [3.05, 3.63) is 57.5 Å². The van der Waals surface area contributed by atoms with Crippen molar-refractivity contribution in [2.75, 3.05) is 11.9 Å². The van der Waals surface area contributed by atoms with E-state index in [2.05, 4.69) is 43.6 Å². The van der Waals surface area contributed by atoms with Crippen LogP contribution in [0.15, 0.2) is 46.9 Å². The van der Waals surface area contributed by atoms with E-state index in [1.165, 1.54) is 5.56 Å². The quantitative estimate of drug-likeness (QED) is 0.507. The second-order valence-electron chi connectivity index (χ2n) is 8.34. The zero-order valence-corrected chi connectivity index (χ0v) is 19.9. The Bertz CT molecular complexity index is 974. The van der Waals surface area contributed by atoms with Crippen LogP contribution in [0.1, 0.15) is 31.2 Å². The lowest BCUT2D eigenvalue weighted by Crippen LogP contribution is -2.50. The van der Waals surface area contributed by atoms with E-state index in [1.807, 2.05) is 12.1 Å². The average Bonchev–Trinajstić information content (AvgIpc) is 2.96. The van der Waals surface area contributed by atoms with Gasteiger partial charge in [0.05, 0.1) is 5.69 Å². The minimum atomic E-state index is -0.696. The molecular formula is C23H26BrClN4O3. The number of halogens is 2. The fourth-order valence-corrected chi connectivity index (χ4v) is 5.21. The monoisotopic (exact) mass is 520 g/mol. The van der Waals surface area contributed by atoms with Crippen LogP contribution >= 0.6 is 27.5 Å². The molecule has 4 rings (SSSR count). The SMILES string of the molecule is NC(=O)Nc1cc(Br)ccc1OCC(=O)NC1C[C@H]2CC[C@@H](C1)N2Cc1ccc(Cl)cc1. The molecule has 2 aliphatic rings. The van der Waals surface area contributed by atoms with Gasteiger partial charge in [-0.25, -0.2) is 4.79 Å². The van der Waals surface area contributed by atoms with E-state index in [1.54, 1.807) is 18.2 Å². The molecule has 170 valence electrons. The van der Waals surface area contributed by atoms with Crippen molar-refractivity contribution in [3.63, 3.8) is 0 Å². The van der Waals surface area contributed by atoms with Gasteiger partial charge in [-0.1, -0.05) is 39.7 Å². The summed E-state index contributed by atoms with van der Waals surface area (Å²) in [5.74, 6) is 0.216. The first-order valence-electron chi connectivity index (χ1n) is 10.7. The number of piperidine rings is 1. The highest BCUT2D eigenvalue weighted by Gasteiger charge is 2.40. The van der Waals surface area contributed by atoms with Crippen molar-refractivity contribution in [1.29, 1.82) is 0 Å². The van der Waals surface area contributed by atoms with E-state index >= 15 is 0 Å². The van der Waals surface area contributed by atoms with Gasteiger partial charge in [0.2, 0.25) is 0 Å². The second-order valence-corrected chi connectivity index (χ2v) is 9.69. The summed E-state index contributed by atoms with van der Waals surface area (Å²) in [6.45, 7) is 0.783. The number of ether oxygens (including phenoxy) is 1. The van der Waals surface area contributed by atoms with Gasteiger partial charge in [0.15, 0.2) is 6.61 Å². The third-order valence-electron chi connectivity index (χ3n) is 6.09. The number of fused-ring (bicyclic) bond motifs is 2. The number of rotatable bonds is 7. The van der Waals surface area contributed by atoms with Crippen molar-refractivity contribution in [2.24, 2.45) is 5.73 Å². The lowest BCUT2D eigenvalue weighted by molar-refractivity contribution is -0.124. The second kappa shape index (κ2) is 10.1.